The topological polar surface area (TPSA) is 288 Å². The highest BCUT2D eigenvalue weighted by atomic mass is 127. The molecule has 0 bridgehead atoms. The Morgan fingerprint density at radius 1 is 0.800 bits per heavy atom. The molecule has 0 unspecified atom stereocenters. The maximum atomic E-state index is 14.5. The van der Waals surface area contributed by atoms with Gasteiger partial charge in [-0.3, -0.25) is 33.6 Å². The number of amides is 3. The molecule has 3 aliphatic rings. The van der Waals surface area contributed by atoms with Gasteiger partial charge in [0.2, 0.25) is 17.6 Å². The summed E-state index contributed by atoms with van der Waals surface area (Å²) in [6, 6.07) is -1.25. The third kappa shape index (κ3) is 23.1. The molecule has 5 N–H and O–H groups in total. The van der Waals surface area contributed by atoms with Gasteiger partial charge < -0.3 is 54.5 Å². The molecule has 1 saturated heterocycles. The SMILES string of the molecule is CO[C@@H]1C[C@H](C[C@@H](C)[C@@H]2CC(=O)[C@H](C)/C=C(\C)[C@@H](O)[C@@H](OC)C(=O)[C@H](C)C[C@H](C)/C=C/C=C/C=C(\C)CCCCC[C@@H](C)C(O)(O)C(=O)C(=O)N3CCCC[C@H]3C(=O)O2)CC[C@H]1OC(=O)CCCCCOC(=O)c1c(I)c(NC(C)=O)c(C)c(NC(C)=O)c1I. The van der Waals surface area contributed by atoms with Crippen LogP contribution < -0.4 is 10.6 Å². The Morgan fingerprint density at radius 2 is 1.46 bits per heavy atom. The number of ether oxygens (including phenoxy) is 5. The molecule has 1 saturated carbocycles. The van der Waals surface area contributed by atoms with Gasteiger partial charge in [0.25, 0.3) is 11.7 Å². The van der Waals surface area contributed by atoms with Gasteiger partial charge in [-0.15, -0.1) is 0 Å². The molecule has 1 aromatic rings. The fourth-order valence-electron chi connectivity index (χ4n) is 12.1. The number of hydrogen-bond donors (Lipinski definition) is 5. The highest BCUT2D eigenvalue weighted by Gasteiger charge is 2.48. The van der Waals surface area contributed by atoms with Gasteiger partial charge in [0.05, 0.1) is 36.8 Å². The van der Waals surface area contributed by atoms with Crippen molar-refractivity contribution in [2.24, 2.45) is 35.5 Å². The number of aliphatic hydroxyl groups excluding tert-OH is 1. The van der Waals surface area contributed by atoms with Crippen molar-refractivity contribution in [1.82, 2.24) is 4.90 Å². The van der Waals surface area contributed by atoms with Crippen molar-refractivity contribution < 1.29 is 82.2 Å². The van der Waals surface area contributed by atoms with E-state index in [9.17, 15) is 58.5 Å². The Kier molecular flexibility index (Phi) is 32.7. The lowest BCUT2D eigenvalue weighted by atomic mass is 9.78. The summed E-state index contributed by atoms with van der Waals surface area (Å²) in [5, 5.41) is 39.6. The molecule has 90 heavy (non-hydrogen) atoms. The highest BCUT2D eigenvalue weighted by Crippen LogP contribution is 2.39. The zero-order valence-corrected chi connectivity index (χ0v) is 59.1. The van der Waals surface area contributed by atoms with Crippen LogP contribution in [0.4, 0.5) is 11.4 Å². The van der Waals surface area contributed by atoms with Crippen molar-refractivity contribution in [2.75, 3.05) is 38.0 Å². The summed E-state index contributed by atoms with van der Waals surface area (Å²) in [5.41, 5.74) is 3.08. The van der Waals surface area contributed by atoms with Crippen LogP contribution in [0.25, 0.3) is 0 Å². The number of carbonyl (C=O) groups excluding carboxylic acids is 9. The smallest absolute Gasteiger partial charge is 0.340 e. The summed E-state index contributed by atoms with van der Waals surface area (Å²) < 4.78 is 30.4. The Morgan fingerprint density at radius 3 is 2.09 bits per heavy atom. The molecule has 502 valence electrons. The van der Waals surface area contributed by atoms with E-state index in [0.29, 0.717) is 100 Å². The second-order valence-electron chi connectivity index (χ2n) is 25.2. The quantitative estimate of drug-likeness (QED) is 0.0207. The number of carbonyl (C=O) groups is 9. The van der Waals surface area contributed by atoms with E-state index in [1.54, 1.807) is 40.9 Å². The predicted octanol–water partition coefficient (Wildman–Crippen LogP) is 10.9. The first-order valence-electron chi connectivity index (χ1n) is 31.9. The summed E-state index contributed by atoms with van der Waals surface area (Å²) in [6.07, 6.45) is 14.9. The van der Waals surface area contributed by atoms with E-state index in [4.69, 9.17) is 23.7 Å². The molecule has 2 heterocycles. The monoisotopic (exact) mass is 1480 g/mol. The van der Waals surface area contributed by atoms with Crippen LogP contribution in [0.5, 0.6) is 0 Å². The van der Waals surface area contributed by atoms with Crippen molar-refractivity contribution in [3.05, 3.63) is 65.9 Å². The molecule has 12 atom stereocenters. The summed E-state index contributed by atoms with van der Waals surface area (Å²) >= 11 is 3.96. The van der Waals surface area contributed by atoms with Crippen LogP contribution in [0, 0.1) is 49.6 Å². The Hall–Kier alpha value is -4.73. The van der Waals surface area contributed by atoms with Gasteiger partial charge in [-0.2, -0.15) is 0 Å². The van der Waals surface area contributed by atoms with Crippen molar-refractivity contribution in [3.8, 4) is 0 Å². The number of allylic oxidation sites excluding steroid dienone is 7. The van der Waals surface area contributed by atoms with Gasteiger partial charge in [0.1, 0.15) is 36.2 Å². The van der Waals surface area contributed by atoms with Gasteiger partial charge in [0, 0.05) is 65.2 Å². The number of unbranched alkanes of at least 4 members (excludes halogenated alkanes) is 2. The number of benzene rings is 1. The number of nitrogens with one attached hydrogen (secondary N) is 2. The number of ketones is 3. The number of nitrogens with zero attached hydrogens (tertiary/aromatic N) is 1. The highest BCUT2D eigenvalue weighted by molar-refractivity contribution is 14.1. The van der Waals surface area contributed by atoms with Crippen molar-refractivity contribution in [2.45, 2.75) is 227 Å². The minimum absolute atomic E-state index is 0.00914. The molecule has 20 nitrogen and oxygen atoms in total. The molecule has 3 amide bonds. The fourth-order valence-corrected chi connectivity index (χ4v) is 14.7. The minimum Gasteiger partial charge on any atom is -0.462 e. The van der Waals surface area contributed by atoms with E-state index in [1.807, 2.05) is 96.3 Å². The van der Waals surface area contributed by atoms with Gasteiger partial charge >= 0.3 is 17.9 Å². The zero-order chi connectivity index (χ0) is 67.2. The van der Waals surface area contributed by atoms with E-state index < -0.39 is 95.6 Å². The molecular weight excluding hydrogens is 1380 g/mol. The Labute approximate surface area is 559 Å². The number of aliphatic hydroxyl groups is 3. The van der Waals surface area contributed by atoms with Crippen LogP contribution >= 0.6 is 45.2 Å². The predicted molar refractivity (Wildman–Crippen MR) is 359 cm³/mol. The van der Waals surface area contributed by atoms with Crippen LogP contribution in [0.3, 0.4) is 0 Å². The first-order chi connectivity index (χ1) is 42.4. The molecule has 1 aromatic carbocycles. The van der Waals surface area contributed by atoms with E-state index in [0.717, 1.165) is 29.7 Å². The Bertz CT molecular complexity index is 2770. The lowest BCUT2D eigenvalue weighted by molar-refractivity contribution is -0.205. The number of halogens is 2. The average Bonchev–Trinajstić information content (AvgIpc) is 0.839. The number of piperidine rings is 1. The number of rotatable bonds is 15. The third-order valence-electron chi connectivity index (χ3n) is 17.6. The fraction of sp³-hybridized carbons (Fsp3) is 0.662. The lowest BCUT2D eigenvalue weighted by Crippen LogP contribution is -2.57. The van der Waals surface area contributed by atoms with Crippen molar-refractivity contribution in [3.63, 3.8) is 0 Å². The summed E-state index contributed by atoms with van der Waals surface area (Å²) in [5.74, 6) is -11.6. The molecular formula is C68H99I2N3O17. The van der Waals surface area contributed by atoms with E-state index in [2.05, 4.69) is 10.6 Å². The van der Waals surface area contributed by atoms with Gasteiger partial charge in [-0.25, -0.2) is 9.59 Å². The largest absolute Gasteiger partial charge is 0.462 e. The maximum Gasteiger partial charge on any atom is 0.340 e. The summed E-state index contributed by atoms with van der Waals surface area (Å²) in [6.45, 7) is 17.0. The third-order valence-corrected chi connectivity index (χ3v) is 19.8. The van der Waals surface area contributed by atoms with E-state index in [1.165, 1.54) is 27.9 Å². The molecule has 1 aliphatic carbocycles. The number of Topliss-reactive ketones (excluding diaryl/α,β-unsaturated/α-hetero) is 3. The Balaban J connectivity index is 1.49. The number of cyclic esters (lactones) is 1. The normalized spacial score (nSPS) is 29.1. The first-order valence-corrected chi connectivity index (χ1v) is 34.0. The summed E-state index contributed by atoms with van der Waals surface area (Å²) in [7, 11) is 2.90. The molecule has 0 radical (unpaired) electrons. The number of anilines is 2. The minimum atomic E-state index is -2.99. The molecule has 0 aromatic heterocycles. The van der Waals surface area contributed by atoms with E-state index in [-0.39, 0.29) is 79.6 Å². The van der Waals surface area contributed by atoms with Crippen molar-refractivity contribution >= 4 is 110 Å². The van der Waals surface area contributed by atoms with Crippen LogP contribution in [-0.2, 0) is 62.0 Å². The summed E-state index contributed by atoms with van der Waals surface area (Å²) in [4.78, 5) is 122. The second kappa shape index (κ2) is 37.8. The van der Waals surface area contributed by atoms with Crippen LogP contribution in [-0.4, -0.2) is 143 Å². The number of fused-ring (bicyclic) bond motifs is 1. The molecule has 2 aliphatic heterocycles. The van der Waals surface area contributed by atoms with E-state index >= 15 is 0 Å². The van der Waals surface area contributed by atoms with Crippen LogP contribution in [0.15, 0.2) is 47.6 Å². The molecule has 2 fully saturated rings. The maximum absolute atomic E-state index is 14.5. The first kappa shape index (κ1) is 77.7. The van der Waals surface area contributed by atoms with Gasteiger partial charge in [-0.1, -0.05) is 89.5 Å². The molecule has 0 spiro atoms. The molecule has 22 heteroatoms. The number of hydrogen-bond acceptors (Lipinski definition) is 17. The number of esters is 3. The standard InChI is InChI=1S/C68H99I2N3O17/c1-39-24-16-13-18-26-40(2)34-43(5)61(78)63(87-12)62(79)44(6)35-41(3)51(76)38-53(90-66(82)50-28-21-22-32-73(50)65(81)64(80)68(84,85)45(7)27-19-14-17-25-39)42(4)36-49-30-31-52(54(37-49)86-11)89-55(77)29-20-15-23-33-88-67(83)56-57(69)59(71-47(9)74)46(8)60(58(56)70)72-48(10)75/h13,16,18,24,26,35,40-43,45,49-50,52-54,62-63,79,84-85H,14-15,17,19-23,25,27-34,36-38H2,1-12H3,(H,71,74)(H,72,75)/b16-13+,26-18+,39-24+,44-35+/t40-,41-,42-,43-,45-,49+,50+,52-,53+,54-,62-,63+/m1/s1. The molecule has 4 rings (SSSR count). The number of methoxy groups -OCH3 is 2. The van der Waals surface area contributed by atoms with Crippen molar-refractivity contribution in [1.29, 1.82) is 0 Å². The van der Waals surface area contributed by atoms with Gasteiger partial charge in [-0.05, 0) is 185 Å². The average molecular weight is 1480 g/mol. The second-order valence-corrected chi connectivity index (χ2v) is 27.4. The lowest BCUT2D eigenvalue weighted by Gasteiger charge is -2.38. The van der Waals surface area contributed by atoms with Gasteiger partial charge in [0.15, 0.2) is 5.78 Å². The van der Waals surface area contributed by atoms with Crippen LogP contribution in [0.2, 0.25) is 0 Å². The zero-order valence-electron chi connectivity index (χ0n) is 54.8. The van der Waals surface area contributed by atoms with Crippen LogP contribution in [0.1, 0.15) is 194 Å².